The van der Waals surface area contributed by atoms with Crippen LogP contribution in [0.15, 0.2) is 0 Å². The maximum absolute atomic E-state index is 12.4. The first-order valence-corrected chi connectivity index (χ1v) is 11.3. The summed E-state index contributed by atoms with van der Waals surface area (Å²) in [6.07, 6.45) is 1.69. The number of aliphatic hydroxyl groups is 1. The Bertz CT molecular complexity index is 649. The molecule has 3 rings (SSSR count). The van der Waals surface area contributed by atoms with Crippen LogP contribution in [0.2, 0.25) is 0 Å². The molecule has 0 aromatic carbocycles. The molecular formula is C23H38O7. The average molecular weight is 427 g/mol. The summed E-state index contributed by atoms with van der Waals surface area (Å²) < 4.78 is 23.6. The van der Waals surface area contributed by atoms with Gasteiger partial charge in [-0.2, -0.15) is 0 Å². The van der Waals surface area contributed by atoms with Crippen LogP contribution in [0.5, 0.6) is 0 Å². The molecular weight excluding hydrogens is 388 g/mol. The number of ether oxygens (including phenoxy) is 4. The number of esters is 1. The zero-order valence-electron chi connectivity index (χ0n) is 19.2. The summed E-state index contributed by atoms with van der Waals surface area (Å²) in [6, 6.07) is 0. The molecule has 0 amide bonds. The van der Waals surface area contributed by atoms with Gasteiger partial charge in [-0.05, 0) is 38.0 Å². The smallest absolute Gasteiger partial charge is 0.308 e. The first-order chi connectivity index (χ1) is 14.0. The van der Waals surface area contributed by atoms with E-state index in [1.807, 2.05) is 27.7 Å². The van der Waals surface area contributed by atoms with E-state index in [9.17, 15) is 14.7 Å². The number of Topliss-reactive ketones (excluding diaryl/α,β-unsaturated/α-hetero) is 1. The lowest BCUT2D eigenvalue weighted by Crippen LogP contribution is -2.67. The van der Waals surface area contributed by atoms with Crippen molar-refractivity contribution in [1.82, 2.24) is 0 Å². The molecule has 0 spiro atoms. The number of hydrogen-bond donors (Lipinski definition) is 1. The highest BCUT2D eigenvalue weighted by Gasteiger charge is 2.64. The minimum absolute atomic E-state index is 0.0273. The third kappa shape index (κ3) is 4.31. The Balaban J connectivity index is 1.79. The van der Waals surface area contributed by atoms with Crippen LogP contribution in [0.3, 0.4) is 0 Å². The predicted octanol–water partition coefficient (Wildman–Crippen LogP) is 3.42. The van der Waals surface area contributed by atoms with Crippen LogP contribution in [-0.4, -0.2) is 47.9 Å². The van der Waals surface area contributed by atoms with E-state index in [2.05, 4.69) is 6.92 Å². The van der Waals surface area contributed by atoms with Crippen LogP contribution in [0.25, 0.3) is 0 Å². The van der Waals surface area contributed by atoms with Crippen molar-refractivity contribution in [1.29, 1.82) is 0 Å². The van der Waals surface area contributed by atoms with Crippen molar-refractivity contribution in [2.24, 2.45) is 29.6 Å². The van der Waals surface area contributed by atoms with Gasteiger partial charge in [-0.25, -0.2) is 0 Å². The lowest BCUT2D eigenvalue weighted by atomic mass is 9.58. The van der Waals surface area contributed by atoms with Gasteiger partial charge in [0.1, 0.15) is 11.4 Å². The third-order valence-electron chi connectivity index (χ3n) is 7.67. The van der Waals surface area contributed by atoms with Crippen LogP contribution < -0.4 is 0 Å². The van der Waals surface area contributed by atoms with Gasteiger partial charge in [0.15, 0.2) is 12.1 Å². The van der Waals surface area contributed by atoms with Crippen LogP contribution >= 0.6 is 0 Å². The number of ketones is 1. The van der Waals surface area contributed by atoms with Gasteiger partial charge in [-0.3, -0.25) is 9.59 Å². The summed E-state index contributed by atoms with van der Waals surface area (Å²) in [5, 5.41) is 11.9. The van der Waals surface area contributed by atoms with Crippen molar-refractivity contribution in [3.8, 4) is 0 Å². The van der Waals surface area contributed by atoms with E-state index in [1.165, 1.54) is 0 Å². The van der Waals surface area contributed by atoms with Crippen molar-refractivity contribution in [2.75, 3.05) is 7.11 Å². The average Bonchev–Trinajstić information content (AvgIpc) is 2.80. The molecule has 1 unspecified atom stereocenters. The molecule has 2 aliphatic heterocycles. The van der Waals surface area contributed by atoms with E-state index >= 15 is 0 Å². The van der Waals surface area contributed by atoms with Gasteiger partial charge in [0, 0.05) is 37.7 Å². The highest BCUT2D eigenvalue weighted by molar-refractivity contribution is 5.84. The van der Waals surface area contributed by atoms with E-state index in [-0.39, 0.29) is 42.3 Å². The van der Waals surface area contributed by atoms with Crippen molar-refractivity contribution < 1.29 is 33.6 Å². The Hall–Kier alpha value is -1.02. The van der Waals surface area contributed by atoms with Gasteiger partial charge in [0.2, 0.25) is 6.29 Å². The zero-order chi connectivity index (χ0) is 22.3. The third-order valence-corrected chi connectivity index (χ3v) is 7.67. The summed E-state index contributed by atoms with van der Waals surface area (Å²) >= 11 is 0. The van der Waals surface area contributed by atoms with E-state index in [4.69, 9.17) is 18.9 Å². The summed E-state index contributed by atoms with van der Waals surface area (Å²) in [5.74, 6) is -1.32. The monoisotopic (exact) mass is 426 g/mol. The Kier molecular flexibility index (Phi) is 6.97. The molecule has 1 saturated carbocycles. The van der Waals surface area contributed by atoms with E-state index in [1.54, 1.807) is 7.11 Å². The van der Waals surface area contributed by atoms with Gasteiger partial charge < -0.3 is 24.1 Å². The molecule has 1 N–H and O–H groups in total. The molecule has 2 heterocycles. The maximum atomic E-state index is 12.4. The van der Waals surface area contributed by atoms with Crippen molar-refractivity contribution in [3.63, 3.8) is 0 Å². The van der Waals surface area contributed by atoms with Gasteiger partial charge >= 0.3 is 5.97 Å². The zero-order valence-corrected chi connectivity index (χ0v) is 19.2. The van der Waals surface area contributed by atoms with Crippen molar-refractivity contribution >= 4 is 11.8 Å². The molecule has 2 saturated heterocycles. The topological polar surface area (TPSA) is 91.3 Å². The Labute approximate surface area is 179 Å². The quantitative estimate of drug-likeness (QED) is 0.651. The van der Waals surface area contributed by atoms with Crippen molar-refractivity contribution in [3.05, 3.63) is 0 Å². The van der Waals surface area contributed by atoms with Crippen LogP contribution in [0.1, 0.15) is 73.1 Å². The summed E-state index contributed by atoms with van der Waals surface area (Å²) in [6.45, 7) is 9.62. The fourth-order valence-electron chi connectivity index (χ4n) is 5.51. The molecule has 30 heavy (non-hydrogen) atoms. The minimum Gasteiger partial charge on any atom is -0.435 e. The normalized spacial score (nSPS) is 43.6. The first-order valence-electron chi connectivity index (χ1n) is 11.3. The van der Waals surface area contributed by atoms with Crippen LogP contribution in [0, 0.1) is 29.6 Å². The van der Waals surface area contributed by atoms with Crippen LogP contribution in [-0.2, 0) is 28.5 Å². The molecule has 0 aromatic rings. The molecule has 0 aromatic heterocycles. The molecule has 172 valence electrons. The van der Waals surface area contributed by atoms with Crippen LogP contribution in [0.4, 0.5) is 0 Å². The highest BCUT2D eigenvalue weighted by atomic mass is 16.8. The summed E-state index contributed by atoms with van der Waals surface area (Å²) in [7, 11) is 1.59. The van der Waals surface area contributed by atoms with E-state index < -0.39 is 29.9 Å². The van der Waals surface area contributed by atoms with Crippen molar-refractivity contribution in [2.45, 2.75) is 97.1 Å². The van der Waals surface area contributed by atoms with Gasteiger partial charge in [-0.15, -0.1) is 0 Å². The van der Waals surface area contributed by atoms with Gasteiger partial charge in [0.05, 0.1) is 6.42 Å². The molecule has 8 atom stereocenters. The molecule has 3 aliphatic rings. The second kappa shape index (κ2) is 8.85. The molecule has 1 aliphatic carbocycles. The first kappa shape index (κ1) is 23.6. The second-order valence-corrected chi connectivity index (χ2v) is 9.96. The Morgan fingerprint density at radius 2 is 1.83 bits per heavy atom. The van der Waals surface area contributed by atoms with E-state index in [0.717, 1.165) is 19.3 Å². The Morgan fingerprint density at radius 1 is 1.13 bits per heavy atom. The predicted molar refractivity (Wildman–Crippen MR) is 109 cm³/mol. The maximum Gasteiger partial charge on any atom is 0.308 e. The summed E-state index contributed by atoms with van der Waals surface area (Å²) in [4.78, 5) is 24.3. The molecule has 3 fully saturated rings. The molecule has 0 radical (unpaired) electrons. The minimum atomic E-state index is -1.15. The number of hydrogen-bond acceptors (Lipinski definition) is 7. The van der Waals surface area contributed by atoms with Gasteiger partial charge in [0.25, 0.3) is 0 Å². The molecule has 7 nitrogen and oxygen atoms in total. The van der Waals surface area contributed by atoms with Gasteiger partial charge in [-0.1, -0.05) is 27.7 Å². The SMILES string of the molecule is COC1(C)CC[C@H]2[C@H](C)CC[C@H]3[C@@H](C)[C@H](OC(=O)CCC(=O)C(C)C)O[C@H](O1)[C@]32O. The largest absolute Gasteiger partial charge is 0.435 e. The second-order valence-electron chi connectivity index (χ2n) is 9.96. The lowest BCUT2D eigenvalue weighted by Gasteiger charge is -2.57. The number of methoxy groups -OCH3 is 1. The number of carbonyl (C=O) groups is 2. The fraction of sp³-hybridized carbons (Fsp3) is 0.913. The molecule has 7 heteroatoms. The van der Waals surface area contributed by atoms with E-state index in [0.29, 0.717) is 12.3 Å². The standard InChI is InChI=1S/C23H38O7/c1-13(2)18(24)9-10-19(25)28-20-15(4)17-8-7-14(3)16-11-12-22(5,27-6)30-21(29-20)23(16,17)26/h13-17,20-21,26H,7-12H2,1-6H3/t14-,15-,16+,17+,20-,21-,22?,23-/m1/s1. The highest BCUT2D eigenvalue weighted by Crippen LogP contribution is 2.56. The summed E-state index contributed by atoms with van der Waals surface area (Å²) in [5.41, 5.74) is -1.15. The lowest BCUT2D eigenvalue weighted by molar-refractivity contribution is -0.405. The number of carbonyl (C=O) groups excluding carboxylic acids is 2. The molecule has 0 bridgehead atoms. The number of rotatable bonds is 6. The fourth-order valence-corrected chi connectivity index (χ4v) is 5.51. The Morgan fingerprint density at radius 3 is 2.47 bits per heavy atom.